The second-order valence-electron chi connectivity index (χ2n) is 4.51. The number of Topliss-reactive ketones (excluding diaryl/α,β-unsaturated/α-hetero) is 1. The van der Waals surface area contributed by atoms with E-state index in [1.165, 1.54) is 6.08 Å². The summed E-state index contributed by atoms with van der Waals surface area (Å²) in [6, 6.07) is 0. The fourth-order valence-corrected chi connectivity index (χ4v) is 1.42. The first kappa shape index (κ1) is 12.6. The Bertz CT molecular complexity index is 363. The molecule has 0 aromatic carbocycles. The lowest BCUT2D eigenvalue weighted by Crippen LogP contribution is -2.38. The third-order valence-corrected chi connectivity index (χ3v) is 2.45. The van der Waals surface area contributed by atoms with Crippen molar-refractivity contribution in [3.8, 4) is 0 Å². The molecular weight excluding hydrogens is 208 g/mol. The van der Waals surface area contributed by atoms with E-state index in [0.29, 0.717) is 5.76 Å². The molecule has 0 aliphatic carbocycles. The van der Waals surface area contributed by atoms with Crippen LogP contribution in [-0.2, 0) is 19.1 Å². The highest BCUT2D eigenvalue weighted by Gasteiger charge is 2.39. The van der Waals surface area contributed by atoms with E-state index in [4.69, 9.17) is 4.74 Å². The van der Waals surface area contributed by atoms with Gasteiger partial charge in [-0.1, -0.05) is 27.7 Å². The smallest absolute Gasteiger partial charge is 0.329 e. The molecule has 0 spiro atoms. The highest BCUT2D eigenvalue weighted by molar-refractivity contribution is 6.22. The van der Waals surface area contributed by atoms with E-state index in [2.05, 4.69) is 0 Å². The second kappa shape index (κ2) is 4.60. The summed E-state index contributed by atoms with van der Waals surface area (Å²) in [5.41, 5.74) is 0. The number of esters is 1. The lowest BCUT2D eigenvalue weighted by molar-refractivity contribution is -0.154. The summed E-state index contributed by atoms with van der Waals surface area (Å²) in [5.74, 6) is -2.90. The quantitative estimate of drug-likeness (QED) is 0.538. The third kappa shape index (κ3) is 2.38. The van der Waals surface area contributed by atoms with Crippen LogP contribution in [0.2, 0.25) is 0 Å². The zero-order chi connectivity index (χ0) is 12.5. The van der Waals surface area contributed by atoms with Gasteiger partial charge in [-0.15, -0.1) is 0 Å². The Kier molecular flexibility index (Phi) is 3.62. The number of ether oxygens (including phenoxy) is 1. The number of carbonyl (C=O) groups excluding carboxylic acids is 3. The van der Waals surface area contributed by atoms with Crippen LogP contribution < -0.4 is 0 Å². The van der Waals surface area contributed by atoms with Gasteiger partial charge in [-0.25, -0.2) is 0 Å². The van der Waals surface area contributed by atoms with Gasteiger partial charge < -0.3 is 4.74 Å². The van der Waals surface area contributed by atoms with E-state index in [9.17, 15) is 14.4 Å². The summed E-state index contributed by atoms with van der Waals surface area (Å²) in [4.78, 5) is 34.9. The summed E-state index contributed by atoms with van der Waals surface area (Å²) in [6.45, 7) is 6.95. The molecule has 4 nitrogen and oxygen atoms in total. The van der Waals surface area contributed by atoms with Gasteiger partial charge in [0.15, 0.2) is 17.5 Å². The third-order valence-electron chi connectivity index (χ3n) is 2.45. The van der Waals surface area contributed by atoms with Crippen molar-refractivity contribution in [2.24, 2.45) is 17.8 Å². The Morgan fingerprint density at radius 1 is 1.25 bits per heavy atom. The molecule has 0 amide bonds. The maximum atomic E-state index is 11.7. The largest absolute Gasteiger partial charge is 0.430 e. The number of hydrogen-bond donors (Lipinski definition) is 0. The number of allylic oxidation sites excluding steroid dienone is 2. The molecule has 0 saturated carbocycles. The first-order chi connectivity index (χ1) is 7.34. The molecule has 0 aromatic rings. The van der Waals surface area contributed by atoms with E-state index in [1.807, 2.05) is 13.8 Å². The van der Waals surface area contributed by atoms with Crippen molar-refractivity contribution in [2.45, 2.75) is 27.7 Å². The standard InChI is InChI=1S/C12H16O4/c1-6(2)9-5-8(13)10(12(15)16-9)11(14)7(3)4/h5-7,10H,1-4H3. The number of cyclic esters (lactones) is 1. The number of ketones is 2. The summed E-state index contributed by atoms with van der Waals surface area (Å²) in [7, 11) is 0. The van der Waals surface area contributed by atoms with E-state index in [0.717, 1.165) is 0 Å². The molecule has 88 valence electrons. The molecule has 1 rings (SSSR count). The average Bonchev–Trinajstić information content (AvgIpc) is 2.15. The van der Waals surface area contributed by atoms with Gasteiger partial charge in [0, 0.05) is 17.9 Å². The van der Waals surface area contributed by atoms with Crippen molar-refractivity contribution >= 4 is 17.5 Å². The number of hydrogen-bond acceptors (Lipinski definition) is 4. The van der Waals surface area contributed by atoms with E-state index in [1.54, 1.807) is 13.8 Å². The molecule has 0 aromatic heterocycles. The highest BCUT2D eigenvalue weighted by atomic mass is 16.5. The fraction of sp³-hybridized carbons (Fsp3) is 0.583. The molecule has 0 fully saturated rings. The van der Waals surface area contributed by atoms with Gasteiger partial charge in [0.1, 0.15) is 5.76 Å². The average molecular weight is 224 g/mol. The van der Waals surface area contributed by atoms with Crippen LogP contribution in [0, 0.1) is 17.8 Å². The maximum absolute atomic E-state index is 11.7. The Morgan fingerprint density at radius 2 is 1.81 bits per heavy atom. The molecule has 1 aliphatic heterocycles. The second-order valence-corrected chi connectivity index (χ2v) is 4.51. The molecule has 1 heterocycles. The zero-order valence-electron chi connectivity index (χ0n) is 9.94. The van der Waals surface area contributed by atoms with Crippen molar-refractivity contribution in [3.05, 3.63) is 11.8 Å². The van der Waals surface area contributed by atoms with Crippen LogP contribution >= 0.6 is 0 Å². The topological polar surface area (TPSA) is 60.4 Å². The van der Waals surface area contributed by atoms with Crippen LogP contribution in [0.4, 0.5) is 0 Å². The van der Waals surface area contributed by atoms with Crippen LogP contribution in [0.25, 0.3) is 0 Å². The van der Waals surface area contributed by atoms with Crippen LogP contribution in [0.15, 0.2) is 11.8 Å². The van der Waals surface area contributed by atoms with Crippen LogP contribution in [0.1, 0.15) is 27.7 Å². The van der Waals surface area contributed by atoms with Gasteiger partial charge in [-0.05, 0) is 0 Å². The predicted octanol–water partition coefficient (Wildman–Crippen LogP) is 1.49. The van der Waals surface area contributed by atoms with Crippen molar-refractivity contribution in [1.82, 2.24) is 0 Å². The molecule has 1 atom stereocenters. The van der Waals surface area contributed by atoms with E-state index in [-0.39, 0.29) is 17.6 Å². The first-order valence-electron chi connectivity index (χ1n) is 5.35. The monoisotopic (exact) mass is 224 g/mol. The van der Waals surface area contributed by atoms with Crippen LogP contribution in [0.3, 0.4) is 0 Å². The van der Waals surface area contributed by atoms with E-state index >= 15 is 0 Å². The Morgan fingerprint density at radius 3 is 2.19 bits per heavy atom. The minimum Gasteiger partial charge on any atom is -0.430 e. The minimum absolute atomic E-state index is 0.0389. The first-order valence-corrected chi connectivity index (χ1v) is 5.35. The van der Waals surface area contributed by atoms with E-state index < -0.39 is 17.7 Å². The van der Waals surface area contributed by atoms with Gasteiger partial charge in [0.25, 0.3) is 0 Å². The van der Waals surface area contributed by atoms with Crippen molar-refractivity contribution in [3.63, 3.8) is 0 Å². The summed E-state index contributed by atoms with van der Waals surface area (Å²) < 4.78 is 4.98. The van der Waals surface area contributed by atoms with Crippen LogP contribution in [-0.4, -0.2) is 17.5 Å². The van der Waals surface area contributed by atoms with Crippen molar-refractivity contribution < 1.29 is 19.1 Å². The minimum atomic E-state index is -1.26. The summed E-state index contributed by atoms with van der Waals surface area (Å²) >= 11 is 0. The normalized spacial score (nSPS) is 21.1. The molecular formula is C12H16O4. The SMILES string of the molecule is CC(C)C(=O)C1C(=O)C=C(C(C)C)OC1=O. The molecule has 16 heavy (non-hydrogen) atoms. The highest BCUT2D eigenvalue weighted by Crippen LogP contribution is 2.23. The number of rotatable bonds is 3. The van der Waals surface area contributed by atoms with Gasteiger partial charge in [-0.2, -0.15) is 0 Å². The summed E-state index contributed by atoms with van der Waals surface area (Å²) in [5, 5.41) is 0. The molecule has 0 N–H and O–H groups in total. The Balaban J connectivity index is 2.98. The molecule has 1 unspecified atom stereocenters. The van der Waals surface area contributed by atoms with Gasteiger partial charge in [0.05, 0.1) is 0 Å². The van der Waals surface area contributed by atoms with Gasteiger partial charge >= 0.3 is 5.97 Å². The molecule has 1 aliphatic rings. The Labute approximate surface area is 94.7 Å². The van der Waals surface area contributed by atoms with Crippen molar-refractivity contribution in [1.29, 1.82) is 0 Å². The maximum Gasteiger partial charge on any atom is 0.329 e. The molecule has 0 bridgehead atoms. The van der Waals surface area contributed by atoms with Gasteiger partial charge in [0.2, 0.25) is 0 Å². The molecule has 4 heteroatoms. The van der Waals surface area contributed by atoms with Crippen LogP contribution in [0.5, 0.6) is 0 Å². The zero-order valence-corrected chi connectivity index (χ0v) is 9.94. The Hall–Kier alpha value is -1.45. The number of carbonyl (C=O) groups is 3. The summed E-state index contributed by atoms with van der Waals surface area (Å²) in [6.07, 6.45) is 1.26. The lowest BCUT2D eigenvalue weighted by atomic mass is 9.89. The lowest BCUT2D eigenvalue weighted by Gasteiger charge is -2.22. The predicted molar refractivity (Wildman–Crippen MR) is 57.4 cm³/mol. The fourth-order valence-electron chi connectivity index (χ4n) is 1.42. The van der Waals surface area contributed by atoms with Gasteiger partial charge in [-0.3, -0.25) is 14.4 Å². The molecule has 0 radical (unpaired) electrons. The van der Waals surface area contributed by atoms with Crippen molar-refractivity contribution in [2.75, 3.05) is 0 Å². The molecule has 0 saturated heterocycles.